The van der Waals surface area contributed by atoms with Crippen molar-refractivity contribution in [3.63, 3.8) is 0 Å². The van der Waals surface area contributed by atoms with E-state index in [4.69, 9.17) is 4.74 Å². The highest BCUT2D eigenvalue weighted by Crippen LogP contribution is 2.47. The van der Waals surface area contributed by atoms with Crippen LogP contribution in [0.1, 0.15) is 26.7 Å². The van der Waals surface area contributed by atoms with Gasteiger partial charge in [-0.1, -0.05) is 65.0 Å². The van der Waals surface area contributed by atoms with Crippen molar-refractivity contribution in [1.29, 1.82) is 0 Å². The maximum atomic E-state index is 11.9. The summed E-state index contributed by atoms with van der Waals surface area (Å²) in [5.41, 5.74) is -0.205. The molecule has 0 spiro atoms. The van der Waals surface area contributed by atoms with Gasteiger partial charge in [-0.2, -0.15) is 0 Å². The van der Waals surface area contributed by atoms with Gasteiger partial charge in [0.1, 0.15) is 5.78 Å². The summed E-state index contributed by atoms with van der Waals surface area (Å²) >= 11 is 0. The van der Waals surface area contributed by atoms with Gasteiger partial charge in [-0.05, 0) is 26.2 Å². The lowest BCUT2D eigenvalue weighted by Gasteiger charge is -2.59. The number of ether oxygens (including phenoxy) is 1. The van der Waals surface area contributed by atoms with Crippen LogP contribution in [-0.2, 0) is 9.53 Å². The molecule has 2 atom stereocenters. The Balaban J connectivity index is 3.40. The van der Waals surface area contributed by atoms with Crippen molar-refractivity contribution >= 4 is 35.2 Å². The van der Waals surface area contributed by atoms with E-state index in [1.54, 1.807) is 6.92 Å². The monoisotopic (exact) mass is 402 g/mol. The minimum absolute atomic E-state index is 0.205. The molecule has 0 aromatic rings. The summed E-state index contributed by atoms with van der Waals surface area (Å²) < 4.78 is 6.20. The fraction of sp³-hybridized carbons (Fsp3) is 0.944. The quantitative estimate of drug-likeness (QED) is 0.528. The van der Waals surface area contributed by atoms with E-state index in [9.17, 15) is 4.79 Å². The van der Waals surface area contributed by atoms with Gasteiger partial charge >= 0.3 is 0 Å². The summed E-state index contributed by atoms with van der Waals surface area (Å²) in [5.74, 6) is 0.879. The van der Waals surface area contributed by atoms with E-state index in [1.165, 1.54) is 6.04 Å². The predicted octanol–water partition coefficient (Wildman–Crippen LogP) is 5.46. The largest absolute Gasteiger partial charge is 0.375 e. The highest BCUT2D eigenvalue weighted by Gasteiger charge is 2.63. The van der Waals surface area contributed by atoms with Crippen molar-refractivity contribution in [3.05, 3.63) is 0 Å². The second-order valence-corrected chi connectivity index (χ2v) is 52.8. The van der Waals surface area contributed by atoms with Crippen LogP contribution in [0.15, 0.2) is 0 Å². The lowest BCUT2D eigenvalue weighted by atomic mass is 9.86. The summed E-state index contributed by atoms with van der Waals surface area (Å²) in [4.78, 5) is 11.9. The van der Waals surface area contributed by atoms with Crippen LogP contribution in [0.4, 0.5) is 0 Å². The van der Waals surface area contributed by atoms with E-state index in [0.717, 1.165) is 13.0 Å². The smallest absolute Gasteiger partial charge is 0.132 e. The normalized spacial score (nSPS) is 26.7. The molecule has 0 aliphatic carbocycles. The molecule has 1 fully saturated rings. The Kier molecular flexibility index (Phi) is 6.49. The molecule has 0 unspecified atom stereocenters. The van der Waals surface area contributed by atoms with Crippen LogP contribution in [0.2, 0.25) is 65.0 Å². The van der Waals surface area contributed by atoms with Gasteiger partial charge < -0.3 is 4.74 Å². The zero-order chi connectivity index (χ0) is 19.2. The first-order valence-electron chi connectivity index (χ1n) is 9.61. The Morgan fingerprint density at radius 2 is 1.38 bits per heavy atom. The van der Waals surface area contributed by atoms with Crippen molar-refractivity contribution in [2.45, 2.75) is 97.3 Å². The molecular formula is C18H42O2Si4. The van der Waals surface area contributed by atoms with Crippen LogP contribution < -0.4 is 0 Å². The second-order valence-electron chi connectivity index (χ2n) is 11.4. The molecule has 0 saturated carbocycles. The number of rotatable bonds is 7. The topological polar surface area (TPSA) is 26.3 Å². The standard InChI is InChI=1S/C18H42O2Si4/c1-16(19)14-18(2)17(12-13-20-18)15-24(21(3,4)5,22(6,7)8)23(9,10)11/h17H,12-15H2,1-11H3/t17-,18-/m1/s1. The lowest BCUT2D eigenvalue weighted by molar-refractivity contribution is -0.123. The third-order valence-corrected chi connectivity index (χ3v) is 80.9. The first-order chi connectivity index (χ1) is 10.5. The minimum Gasteiger partial charge on any atom is -0.375 e. The number of carbonyl (C=O) groups is 1. The number of carbonyl (C=O) groups excluding carboxylic acids is 1. The molecule has 0 aromatic carbocycles. The van der Waals surface area contributed by atoms with Gasteiger partial charge in [0.2, 0.25) is 0 Å². The first kappa shape index (κ1) is 22.5. The molecule has 0 aromatic heterocycles. The number of Topliss-reactive ketones (excluding diaryl/α,β-unsaturated/α-hetero) is 1. The lowest BCUT2D eigenvalue weighted by Crippen LogP contribution is -2.83. The van der Waals surface area contributed by atoms with Crippen LogP contribution in [0, 0.1) is 5.92 Å². The summed E-state index contributed by atoms with van der Waals surface area (Å²) in [6.45, 7) is 27.4. The summed E-state index contributed by atoms with van der Waals surface area (Å²) in [5, 5.41) is 0. The van der Waals surface area contributed by atoms with Crippen molar-refractivity contribution in [2.24, 2.45) is 5.92 Å². The first-order valence-corrected chi connectivity index (χ1v) is 25.3. The molecule has 0 bridgehead atoms. The van der Waals surface area contributed by atoms with Crippen LogP contribution in [0.5, 0.6) is 0 Å². The maximum Gasteiger partial charge on any atom is 0.132 e. The average molecular weight is 403 g/mol. The number of hydrogen-bond donors (Lipinski definition) is 0. The van der Waals surface area contributed by atoms with E-state index >= 15 is 0 Å². The van der Waals surface area contributed by atoms with Crippen LogP contribution in [0.3, 0.4) is 0 Å². The van der Waals surface area contributed by atoms with Crippen molar-refractivity contribution in [2.75, 3.05) is 6.61 Å². The minimum atomic E-state index is -1.38. The van der Waals surface area contributed by atoms with Crippen molar-refractivity contribution in [1.82, 2.24) is 0 Å². The van der Waals surface area contributed by atoms with Crippen LogP contribution >= 0.6 is 0 Å². The Labute approximate surface area is 154 Å². The van der Waals surface area contributed by atoms with Crippen molar-refractivity contribution in [3.8, 4) is 0 Å². The molecular weight excluding hydrogens is 361 g/mol. The average Bonchev–Trinajstić information content (AvgIpc) is 2.60. The third-order valence-electron chi connectivity index (χ3n) is 6.76. The Morgan fingerprint density at radius 3 is 1.71 bits per heavy atom. The Hall–Kier alpha value is 0.498. The molecule has 24 heavy (non-hydrogen) atoms. The van der Waals surface area contributed by atoms with Gasteiger partial charge in [-0.3, -0.25) is 4.79 Å². The Bertz CT molecular complexity index is 435. The van der Waals surface area contributed by atoms with Gasteiger partial charge in [0.15, 0.2) is 0 Å². The van der Waals surface area contributed by atoms with Gasteiger partial charge in [0.05, 0.1) is 5.60 Å². The summed E-state index contributed by atoms with van der Waals surface area (Å²) in [6, 6.07) is 1.43. The molecule has 0 N–H and O–H groups in total. The molecule has 1 rings (SSSR count). The highest BCUT2D eigenvalue weighted by atomic mass is 29.9. The fourth-order valence-electron chi connectivity index (χ4n) is 6.53. The van der Waals surface area contributed by atoms with Gasteiger partial charge in [-0.15, -0.1) is 0 Å². The summed E-state index contributed by atoms with van der Waals surface area (Å²) in [6.07, 6.45) is 1.77. The SMILES string of the molecule is CC(=O)C[C@@]1(C)OCC[C@@H]1C[Si]([Si](C)(C)C)([Si](C)(C)C)[Si](C)(C)C. The molecule has 1 saturated heterocycles. The van der Waals surface area contributed by atoms with E-state index in [0.29, 0.717) is 12.3 Å². The number of hydrogen-bond acceptors (Lipinski definition) is 2. The molecule has 2 nitrogen and oxygen atoms in total. The van der Waals surface area contributed by atoms with Gasteiger partial charge in [-0.25, -0.2) is 0 Å². The molecule has 1 aliphatic rings. The Morgan fingerprint density at radius 1 is 0.958 bits per heavy atom. The van der Waals surface area contributed by atoms with E-state index in [2.05, 4.69) is 65.8 Å². The molecule has 0 amide bonds. The fourth-order valence-corrected chi connectivity index (χ4v) is 105. The van der Waals surface area contributed by atoms with Crippen LogP contribution in [-0.4, -0.2) is 47.4 Å². The van der Waals surface area contributed by atoms with Gasteiger partial charge in [0.25, 0.3) is 0 Å². The van der Waals surface area contributed by atoms with Gasteiger partial charge in [0, 0.05) is 42.4 Å². The molecule has 1 aliphatic heterocycles. The highest BCUT2D eigenvalue weighted by molar-refractivity contribution is 7.89. The van der Waals surface area contributed by atoms with E-state index in [1.807, 2.05) is 0 Å². The van der Waals surface area contributed by atoms with E-state index in [-0.39, 0.29) is 11.4 Å². The van der Waals surface area contributed by atoms with E-state index < -0.39 is 29.4 Å². The maximum absolute atomic E-state index is 11.9. The molecule has 1 heterocycles. The predicted molar refractivity (Wildman–Crippen MR) is 118 cm³/mol. The second kappa shape index (κ2) is 6.91. The van der Waals surface area contributed by atoms with Crippen LogP contribution in [0.25, 0.3) is 0 Å². The van der Waals surface area contributed by atoms with Crippen molar-refractivity contribution < 1.29 is 9.53 Å². The summed E-state index contributed by atoms with van der Waals surface area (Å²) in [7, 11) is -3.77. The number of ketones is 1. The molecule has 142 valence electrons. The zero-order valence-corrected chi connectivity index (χ0v) is 22.2. The third kappa shape index (κ3) is 4.08. The molecule has 0 radical (unpaired) electrons. The zero-order valence-electron chi connectivity index (χ0n) is 18.2. The molecule has 6 heteroatoms.